The van der Waals surface area contributed by atoms with Crippen LogP contribution in [0.4, 0.5) is 0 Å². The van der Waals surface area contributed by atoms with Gasteiger partial charge in [0.1, 0.15) is 5.76 Å². The minimum absolute atomic E-state index is 0.0927. The van der Waals surface area contributed by atoms with Crippen LogP contribution in [0.1, 0.15) is 43.4 Å². The van der Waals surface area contributed by atoms with Gasteiger partial charge in [-0.2, -0.15) is 0 Å². The zero-order chi connectivity index (χ0) is 19.4. The highest BCUT2D eigenvalue weighted by Crippen LogP contribution is 2.27. The van der Waals surface area contributed by atoms with Crippen molar-refractivity contribution in [2.24, 2.45) is 0 Å². The highest BCUT2D eigenvalue weighted by Gasteiger charge is 2.17. The van der Waals surface area contributed by atoms with Crippen LogP contribution in [0.5, 0.6) is 0 Å². The van der Waals surface area contributed by atoms with Crippen LogP contribution in [-0.2, 0) is 23.2 Å². The number of nitrogens with one attached hydrogen (secondary N) is 1. The Balaban J connectivity index is 1.66. The first-order valence-electron chi connectivity index (χ1n) is 9.06. The molecule has 3 aromatic rings. The number of hydrogen-bond acceptors (Lipinski definition) is 4. The number of oxazole rings is 1. The fraction of sp³-hybridized carbons (Fsp3) is 0.318. The summed E-state index contributed by atoms with van der Waals surface area (Å²) in [5.74, 6) is 1.12. The second-order valence-corrected chi connectivity index (χ2v) is 7.66. The van der Waals surface area contributed by atoms with E-state index in [0.717, 1.165) is 11.1 Å². The smallest absolute Gasteiger partial charge is 0.226 e. The Bertz CT molecular complexity index is 907. The van der Waals surface area contributed by atoms with Crippen LogP contribution < -0.4 is 5.32 Å². The Hall–Kier alpha value is -2.95. The molecule has 1 amide bonds. The molecule has 1 aromatic carbocycles. The molecule has 1 N–H and O–H groups in total. The molecule has 140 valence electrons. The van der Waals surface area contributed by atoms with Gasteiger partial charge in [0.15, 0.2) is 0 Å². The third-order valence-corrected chi connectivity index (χ3v) is 4.43. The number of nitrogens with zero attached hydrogens (tertiary/aromatic N) is 2. The average Bonchev–Trinajstić information content (AvgIpc) is 3.01. The number of benzene rings is 1. The molecular formula is C22H25N3O2. The van der Waals surface area contributed by atoms with Crippen molar-refractivity contribution in [3.8, 4) is 11.5 Å². The molecule has 0 aliphatic carbocycles. The third kappa shape index (κ3) is 4.82. The fourth-order valence-electron chi connectivity index (χ4n) is 2.75. The SMILES string of the molecule is Cc1oc(-c2ccc(C(C)(C)C)cc2)nc1CC(=O)NCc1cccnc1. The molecule has 5 heteroatoms. The minimum atomic E-state index is -0.0927. The van der Waals surface area contributed by atoms with Crippen LogP contribution in [0.15, 0.2) is 53.2 Å². The first-order valence-corrected chi connectivity index (χ1v) is 9.06. The molecule has 0 unspecified atom stereocenters. The summed E-state index contributed by atoms with van der Waals surface area (Å²) in [6, 6.07) is 12.0. The van der Waals surface area contributed by atoms with Crippen LogP contribution in [0, 0.1) is 6.92 Å². The van der Waals surface area contributed by atoms with Gasteiger partial charge in [-0.15, -0.1) is 0 Å². The lowest BCUT2D eigenvalue weighted by Gasteiger charge is -2.18. The number of carbonyl (C=O) groups is 1. The maximum absolute atomic E-state index is 12.2. The van der Waals surface area contributed by atoms with Gasteiger partial charge in [0.05, 0.1) is 12.1 Å². The largest absolute Gasteiger partial charge is 0.441 e. The average molecular weight is 363 g/mol. The van der Waals surface area contributed by atoms with Gasteiger partial charge in [-0.3, -0.25) is 9.78 Å². The van der Waals surface area contributed by atoms with Gasteiger partial charge in [0.2, 0.25) is 11.8 Å². The molecule has 0 fully saturated rings. The van der Waals surface area contributed by atoms with E-state index in [1.165, 1.54) is 5.56 Å². The van der Waals surface area contributed by atoms with Crippen LogP contribution in [0.2, 0.25) is 0 Å². The van der Waals surface area contributed by atoms with E-state index in [2.05, 4.69) is 48.2 Å². The summed E-state index contributed by atoms with van der Waals surface area (Å²) in [7, 11) is 0. The molecule has 2 aromatic heterocycles. The highest BCUT2D eigenvalue weighted by molar-refractivity contribution is 5.78. The molecule has 0 aliphatic rings. The Morgan fingerprint density at radius 3 is 2.52 bits per heavy atom. The van der Waals surface area contributed by atoms with E-state index < -0.39 is 0 Å². The van der Waals surface area contributed by atoms with Gasteiger partial charge in [0.25, 0.3) is 0 Å². The molecular weight excluding hydrogens is 338 g/mol. The van der Waals surface area contributed by atoms with Crippen molar-refractivity contribution in [2.45, 2.75) is 46.1 Å². The van der Waals surface area contributed by atoms with Crippen LogP contribution >= 0.6 is 0 Å². The summed E-state index contributed by atoms with van der Waals surface area (Å²) in [4.78, 5) is 20.8. The van der Waals surface area contributed by atoms with Gasteiger partial charge < -0.3 is 9.73 Å². The molecule has 0 radical (unpaired) electrons. The van der Waals surface area contributed by atoms with Crippen LogP contribution in [0.25, 0.3) is 11.5 Å². The number of amides is 1. The number of carbonyl (C=O) groups excluding carboxylic acids is 1. The van der Waals surface area contributed by atoms with Gasteiger partial charge in [-0.25, -0.2) is 4.98 Å². The van der Waals surface area contributed by atoms with E-state index in [-0.39, 0.29) is 17.7 Å². The predicted octanol–water partition coefficient (Wildman–Crippen LogP) is 4.20. The lowest BCUT2D eigenvalue weighted by Crippen LogP contribution is -2.25. The van der Waals surface area contributed by atoms with Crippen molar-refractivity contribution in [3.63, 3.8) is 0 Å². The Kier molecular flexibility index (Phi) is 5.40. The molecule has 0 atom stereocenters. The lowest BCUT2D eigenvalue weighted by molar-refractivity contribution is -0.120. The molecule has 5 nitrogen and oxygen atoms in total. The molecule has 27 heavy (non-hydrogen) atoms. The van der Waals surface area contributed by atoms with Gasteiger partial charge >= 0.3 is 0 Å². The van der Waals surface area contributed by atoms with E-state index in [1.54, 1.807) is 12.4 Å². The fourth-order valence-corrected chi connectivity index (χ4v) is 2.75. The maximum Gasteiger partial charge on any atom is 0.226 e. The quantitative estimate of drug-likeness (QED) is 0.738. The second kappa shape index (κ2) is 7.74. The van der Waals surface area contributed by atoms with Crippen molar-refractivity contribution in [1.29, 1.82) is 0 Å². The molecule has 0 bridgehead atoms. The van der Waals surface area contributed by atoms with E-state index in [9.17, 15) is 4.79 Å². The van der Waals surface area contributed by atoms with Crippen LogP contribution in [0.3, 0.4) is 0 Å². The van der Waals surface area contributed by atoms with Crippen molar-refractivity contribution in [1.82, 2.24) is 15.3 Å². The van der Waals surface area contributed by atoms with Gasteiger partial charge in [-0.1, -0.05) is 39.0 Å². The first-order chi connectivity index (χ1) is 12.8. The zero-order valence-corrected chi connectivity index (χ0v) is 16.2. The van der Waals surface area contributed by atoms with Crippen molar-refractivity contribution in [3.05, 3.63) is 71.4 Å². The third-order valence-electron chi connectivity index (χ3n) is 4.43. The van der Waals surface area contributed by atoms with E-state index in [1.807, 2.05) is 31.2 Å². The molecule has 0 spiro atoms. The summed E-state index contributed by atoms with van der Waals surface area (Å²) in [5.41, 5.74) is 3.89. The van der Waals surface area contributed by atoms with E-state index >= 15 is 0 Å². The number of aromatic nitrogens is 2. The monoisotopic (exact) mass is 363 g/mol. The molecule has 0 saturated carbocycles. The summed E-state index contributed by atoms with van der Waals surface area (Å²) in [6.07, 6.45) is 3.64. The highest BCUT2D eigenvalue weighted by atomic mass is 16.4. The number of rotatable bonds is 5. The minimum Gasteiger partial charge on any atom is -0.441 e. The van der Waals surface area contributed by atoms with Crippen molar-refractivity contribution in [2.75, 3.05) is 0 Å². The Morgan fingerprint density at radius 1 is 1.15 bits per heavy atom. The van der Waals surface area contributed by atoms with E-state index in [0.29, 0.717) is 23.9 Å². The van der Waals surface area contributed by atoms with Gasteiger partial charge in [0, 0.05) is 24.5 Å². The summed E-state index contributed by atoms with van der Waals surface area (Å²) < 4.78 is 5.79. The number of pyridine rings is 1. The first kappa shape index (κ1) is 18.8. The second-order valence-electron chi connectivity index (χ2n) is 7.66. The van der Waals surface area contributed by atoms with Crippen molar-refractivity contribution >= 4 is 5.91 Å². The summed E-state index contributed by atoms with van der Waals surface area (Å²) in [6.45, 7) is 8.83. The number of hydrogen-bond donors (Lipinski definition) is 1. The standard InChI is InChI=1S/C22H25N3O2/c1-15-19(12-20(26)24-14-16-6-5-11-23-13-16)25-21(27-15)17-7-9-18(10-8-17)22(2,3)4/h5-11,13H,12,14H2,1-4H3,(H,24,26). The summed E-state index contributed by atoms with van der Waals surface area (Å²) in [5, 5.41) is 2.89. The van der Waals surface area contributed by atoms with Gasteiger partial charge in [-0.05, 0) is 41.7 Å². The summed E-state index contributed by atoms with van der Waals surface area (Å²) >= 11 is 0. The topological polar surface area (TPSA) is 68.0 Å². The number of aryl methyl sites for hydroxylation is 1. The zero-order valence-electron chi connectivity index (χ0n) is 16.2. The lowest BCUT2D eigenvalue weighted by atomic mass is 9.87. The van der Waals surface area contributed by atoms with E-state index in [4.69, 9.17) is 4.42 Å². The molecule has 0 saturated heterocycles. The Morgan fingerprint density at radius 2 is 1.89 bits per heavy atom. The maximum atomic E-state index is 12.2. The van der Waals surface area contributed by atoms with Crippen molar-refractivity contribution < 1.29 is 9.21 Å². The predicted molar refractivity (Wildman–Crippen MR) is 105 cm³/mol. The Labute approximate surface area is 159 Å². The molecule has 2 heterocycles. The van der Waals surface area contributed by atoms with Crippen LogP contribution in [-0.4, -0.2) is 15.9 Å². The molecule has 0 aliphatic heterocycles. The molecule has 3 rings (SSSR count). The normalized spacial score (nSPS) is 11.4.